The number of rotatable bonds is 5. The summed E-state index contributed by atoms with van der Waals surface area (Å²) >= 11 is 0. The highest BCUT2D eigenvalue weighted by molar-refractivity contribution is 5.96. The van der Waals surface area contributed by atoms with Crippen LogP contribution in [0.4, 0.5) is 0 Å². The fraction of sp³-hybridized carbons (Fsp3) is 0.318. The van der Waals surface area contributed by atoms with Crippen LogP contribution in [0.2, 0.25) is 0 Å². The number of ether oxygens (including phenoxy) is 2. The second-order valence-corrected chi connectivity index (χ2v) is 7.10. The van der Waals surface area contributed by atoms with Crippen LogP contribution in [0, 0.1) is 6.92 Å². The number of hydrogen-bond acceptors (Lipinski definition) is 4. The van der Waals surface area contributed by atoms with Crippen LogP contribution >= 0.6 is 0 Å². The highest BCUT2D eigenvalue weighted by Crippen LogP contribution is 2.37. The molecule has 0 aliphatic rings. The van der Waals surface area contributed by atoms with Gasteiger partial charge in [0.15, 0.2) is 0 Å². The van der Waals surface area contributed by atoms with Crippen LogP contribution < -0.4 is 15.0 Å². The van der Waals surface area contributed by atoms with Gasteiger partial charge in [-0.25, -0.2) is 0 Å². The molecule has 0 N–H and O–H groups in total. The van der Waals surface area contributed by atoms with Gasteiger partial charge in [0.2, 0.25) is 0 Å². The van der Waals surface area contributed by atoms with Gasteiger partial charge < -0.3 is 18.9 Å². The van der Waals surface area contributed by atoms with Crippen LogP contribution in [0.1, 0.15) is 11.1 Å². The fourth-order valence-electron chi connectivity index (χ4n) is 3.42. The molecule has 1 heterocycles. The Balaban J connectivity index is 2.33. The Morgan fingerprint density at radius 2 is 1.63 bits per heavy atom. The molecule has 2 aromatic carbocycles. The second-order valence-electron chi connectivity index (χ2n) is 7.10. The van der Waals surface area contributed by atoms with Crippen molar-refractivity contribution in [2.45, 2.75) is 13.5 Å². The number of benzene rings is 2. The average molecular weight is 366 g/mol. The zero-order valence-electron chi connectivity index (χ0n) is 16.8. The third-order valence-electron chi connectivity index (χ3n) is 4.73. The molecule has 27 heavy (non-hydrogen) atoms. The van der Waals surface area contributed by atoms with Crippen LogP contribution in [0.3, 0.4) is 0 Å². The minimum Gasteiger partial charge on any atom is -0.496 e. The predicted octanol–water partition coefficient (Wildman–Crippen LogP) is 3.59. The lowest BCUT2D eigenvalue weighted by Gasteiger charge is -2.19. The molecule has 0 atom stereocenters. The Morgan fingerprint density at radius 1 is 1.00 bits per heavy atom. The Kier molecular flexibility index (Phi) is 5.24. The van der Waals surface area contributed by atoms with Crippen molar-refractivity contribution in [3.63, 3.8) is 0 Å². The van der Waals surface area contributed by atoms with E-state index in [1.807, 2.05) is 51.5 Å². The van der Waals surface area contributed by atoms with Gasteiger partial charge in [-0.05, 0) is 50.2 Å². The fourth-order valence-corrected chi connectivity index (χ4v) is 3.42. The highest BCUT2D eigenvalue weighted by Gasteiger charge is 2.17. The summed E-state index contributed by atoms with van der Waals surface area (Å²) in [6, 6.07) is 9.95. The van der Waals surface area contributed by atoms with Gasteiger partial charge in [0.25, 0.3) is 5.56 Å². The van der Waals surface area contributed by atoms with Gasteiger partial charge in [-0.15, -0.1) is 0 Å². The molecular weight excluding hydrogens is 340 g/mol. The normalized spacial score (nSPS) is 11.2. The molecule has 0 saturated carbocycles. The van der Waals surface area contributed by atoms with Crippen molar-refractivity contribution in [3.05, 3.63) is 58.0 Å². The lowest BCUT2D eigenvalue weighted by atomic mass is 9.97. The Morgan fingerprint density at radius 3 is 2.19 bits per heavy atom. The largest absolute Gasteiger partial charge is 0.496 e. The van der Waals surface area contributed by atoms with E-state index in [1.165, 1.54) is 0 Å². The van der Waals surface area contributed by atoms with Crippen molar-refractivity contribution in [2.75, 3.05) is 28.3 Å². The maximum absolute atomic E-state index is 12.6. The standard InChI is InChI=1S/C22H26N2O3/c1-14-7-8-16-17(9-14)18(13-24(4)22(16)25)15-10-20(26-5)19(12-23(2)3)21(11-15)27-6/h7-11,13H,12H2,1-6H3. The first-order chi connectivity index (χ1) is 12.8. The second kappa shape index (κ2) is 7.45. The van der Waals surface area contributed by atoms with Crippen LogP contribution in [0.15, 0.2) is 41.3 Å². The first kappa shape index (κ1) is 19.0. The summed E-state index contributed by atoms with van der Waals surface area (Å²) in [6.45, 7) is 2.74. The molecule has 3 rings (SSSR count). The third-order valence-corrected chi connectivity index (χ3v) is 4.73. The smallest absolute Gasteiger partial charge is 0.258 e. The highest BCUT2D eigenvalue weighted by atomic mass is 16.5. The molecule has 0 saturated heterocycles. The molecule has 3 aromatic rings. The lowest BCUT2D eigenvalue weighted by molar-refractivity contribution is 0.349. The third kappa shape index (κ3) is 3.55. The molecule has 1 aromatic heterocycles. The molecule has 5 heteroatoms. The van der Waals surface area contributed by atoms with Crippen molar-refractivity contribution < 1.29 is 9.47 Å². The van der Waals surface area contributed by atoms with Gasteiger partial charge in [-0.2, -0.15) is 0 Å². The van der Waals surface area contributed by atoms with E-state index in [0.717, 1.165) is 39.1 Å². The lowest BCUT2D eigenvalue weighted by Crippen LogP contribution is -2.16. The van der Waals surface area contributed by atoms with E-state index in [-0.39, 0.29) is 5.56 Å². The monoisotopic (exact) mass is 366 g/mol. The van der Waals surface area contributed by atoms with Gasteiger partial charge in [-0.3, -0.25) is 4.79 Å². The topological polar surface area (TPSA) is 43.7 Å². The molecular formula is C22H26N2O3. The number of fused-ring (bicyclic) bond motifs is 1. The number of nitrogens with zero attached hydrogens (tertiary/aromatic N) is 2. The summed E-state index contributed by atoms with van der Waals surface area (Å²) in [5, 5.41) is 1.64. The SMILES string of the molecule is COc1cc(-c2cn(C)c(=O)c3ccc(C)cc23)cc(OC)c1CN(C)C. The van der Waals surface area contributed by atoms with Crippen molar-refractivity contribution in [1.29, 1.82) is 0 Å². The summed E-state index contributed by atoms with van der Waals surface area (Å²) < 4.78 is 13.0. The van der Waals surface area contributed by atoms with E-state index in [1.54, 1.807) is 25.8 Å². The average Bonchev–Trinajstić information content (AvgIpc) is 2.64. The zero-order valence-corrected chi connectivity index (χ0v) is 16.8. The summed E-state index contributed by atoms with van der Waals surface area (Å²) in [5.74, 6) is 1.54. The number of hydrogen-bond donors (Lipinski definition) is 0. The number of aryl methyl sites for hydroxylation is 2. The Hall–Kier alpha value is -2.79. The van der Waals surface area contributed by atoms with Crippen molar-refractivity contribution >= 4 is 10.8 Å². The quantitative estimate of drug-likeness (QED) is 0.692. The minimum absolute atomic E-state index is 0.00286. The molecule has 0 radical (unpaired) electrons. The van der Waals surface area contributed by atoms with Gasteiger partial charge in [0.05, 0.1) is 19.8 Å². The van der Waals surface area contributed by atoms with E-state index in [4.69, 9.17) is 9.47 Å². The molecule has 0 spiro atoms. The van der Waals surface area contributed by atoms with E-state index in [9.17, 15) is 4.79 Å². The predicted molar refractivity (Wildman–Crippen MR) is 110 cm³/mol. The van der Waals surface area contributed by atoms with Gasteiger partial charge >= 0.3 is 0 Å². The van der Waals surface area contributed by atoms with Gasteiger partial charge in [0.1, 0.15) is 11.5 Å². The first-order valence-corrected chi connectivity index (χ1v) is 8.85. The zero-order chi connectivity index (χ0) is 19.7. The van der Waals surface area contributed by atoms with Crippen molar-refractivity contribution in [1.82, 2.24) is 9.47 Å². The molecule has 142 valence electrons. The van der Waals surface area contributed by atoms with Crippen LogP contribution in [-0.4, -0.2) is 37.8 Å². The van der Waals surface area contributed by atoms with E-state index >= 15 is 0 Å². The summed E-state index contributed by atoms with van der Waals surface area (Å²) in [5.41, 5.74) is 4.04. The number of methoxy groups -OCH3 is 2. The van der Waals surface area contributed by atoms with E-state index in [0.29, 0.717) is 11.9 Å². The van der Waals surface area contributed by atoms with Crippen molar-refractivity contribution in [2.24, 2.45) is 7.05 Å². The van der Waals surface area contributed by atoms with Crippen molar-refractivity contribution in [3.8, 4) is 22.6 Å². The summed E-state index contributed by atoms with van der Waals surface area (Å²) in [6.07, 6.45) is 1.88. The minimum atomic E-state index is -0.00286. The summed E-state index contributed by atoms with van der Waals surface area (Å²) in [7, 11) is 9.13. The molecule has 0 aliphatic carbocycles. The molecule has 0 bridgehead atoms. The van der Waals surface area contributed by atoms with E-state index < -0.39 is 0 Å². The molecule has 0 unspecified atom stereocenters. The summed E-state index contributed by atoms with van der Waals surface area (Å²) in [4.78, 5) is 14.6. The molecule has 0 amide bonds. The molecule has 0 aliphatic heterocycles. The van der Waals surface area contributed by atoms with Crippen LogP contribution in [-0.2, 0) is 13.6 Å². The van der Waals surface area contributed by atoms with Crippen LogP contribution in [0.5, 0.6) is 11.5 Å². The van der Waals surface area contributed by atoms with Gasteiger partial charge in [0, 0.05) is 30.7 Å². The maximum Gasteiger partial charge on any atom is 0.258 e. The van der Waals surface area contributed by atoms with E-state index in [2.05, 4.69) is 11.0 Å². The van der Waals surface area contributed by atoms with Crippen LogP contribution in [0.25, 0.3) is 21.9 Å². The maximum atomic E-state index is 12.6. The first-order valence-electron chi connectivity index (χ1n) is 8.85. The number of aromatic nitrogens is 1. The number of pyridine rings is 1. The Bertz CT molecular complexity index is 1030. The molecule has 5 nitrogen and oxygen atoms in total. The van der Waals surface area contributed by atoms with Gasteiger partial charge in [-0.1, -0.05) is 17.7 Å². The Labute approximate surface area is 159 Å². The molecule has 0 fully saturated rings.